The van der Waals surface area contributed by atoms with E-state index in [2.05, 4.69) is 6.58 Å². The summed E-state index contributed by atoms with van der Waals surface area (Å²) in [6.07, 6.45) is 0. The summed E-state index contributed by atoms with van der Waals surface area (Å²) in [5, 5.41) is 8.78. The minimum absolute atomic E-state index is 0.0344. The molecule has 0 bridgehead atoms. The molecule has 0 saturated carbocycles. The van der Waals surface area contributed by atoms with E-state index >= 15 is 0 Å². The van der Waals surface area contributed by atoms with Crippen molar-refractivity contribution in [2.75, 3.05) is 33.4 Å². The molecule has 1 fully saturated rings. The summed E-state index contributed by atoms with van der Waals surface area (Å²) in [7, 11) is -2.59. The lowest BCUT2D eigenvalue weighted by molar-refractivity contribution is -0.240. The first kappa shape index (κ1) is 20.3. The lowest BCUT2D eigenvalue weighted by atomic mass is 10.2. The van der Waals surface area contributed by atoms with Crippen LogP contribution in [0.25, 0.3) is 0 Å². The van der Waals surface area contributed by atoms with Gasteiger partial charge in [-0.3, -0.25) is 10.0 Å². The van der Waals surface area contributed by atoms with Crippen LogP contribution < -0.4 is 10.2 Å². The van der Waals surface area contributed by atoms with Crippen LogP contribution in [0.1, 0.15) is 6.92 Å². The largest absolute Gasteiger partial charge is 0.497 e. The van der Waals surface area contributed by atoms with Crippen molar-refractivity contribution in [1.29, 1.82) is 0 Å². The number of ether oxygens (including phenoxy) is 3. The Morgan fingerprint density at radius 1 is 1.35 bits per heavy atom. The second-order valence-corrected chi connectivity index (χ2v) is 7.88. The van der Waals surface area contributed by atoms with Gasteiger partial charge in [0.2, 0.25) is 10.0 Å². The van der Waals surface area contributed by atoms with Gasteiger partial charge in [0, 0.05) is 0 Å². The predicted octanol–water partition coefficient (Wildman–Crippen LogP) is 0.511. The van der Waals surface area contributed by atoms with Gasteiger partial charge in [0.25, 0.3) is 5.91 Å². The summed E-state index contributed by atoms with van der Waals surface area (Å²) < 4.78 is 42.9. The number of amides is 1. The highest BCUT2D eigenvalue weighted by atomic mass is 32.2. The molecule has 0 unspecified atom stereocenters. The van der Waals surface area contributed by atoms with Crippen molar-refractivity contribution in [1.82, 2.24) is 9.79 Å². The molecule has 26 heavy (non-hydrogen) atoms. The van der Waals surface area contributed by atoms with E-state index in [0.717, 1.165) is 9.88 Å². The van der Waals surface area contributed by atoms with Crippen LogP contribution in [0.4, 0.5) is 0 Å². The fourth-order valence-electron chi connectivity index (χ4n) is 2.32. The van der Waals surface area contributed by atoms with E-state index in [-0.39, 0.29) is 24.7 Å². The Morgan fingerprint density at radius 3 is 2.42 bits per heavy atom. The maximum atomic E-state index is 13.0. The number of nitrogens with one attached hydrogen (secondary N) is 1. The molecule has 1 amide bonds. The van der Waals surface area contributed by atoms with Crippen molar-refractivity contribution < 1.29 is 32.6 Å². The summed E-state index contributed by atoms with van der Waals surface area (Å²) in [5.41, 5.74) is 2.16. The van der Waals surface area contributed by atoms with Gasteiger partial charge >= 0.3 is 0 Å². The fraction of sp³-hybridized carbons (Fsp3) is 0.438. The van der Waals surface area contributed by atoms with Crippen LogP contribution in [0, 0.1) is 0 Å². The van der Waals surface area contributed by atoms with Crippen LogP contribution in [0.2, 0.25) is 0 Å². The Morgan fingerprint density at radius 2 is 1.92 bits per heavy atom. The van der Waals surface area contributed by atoms with E-state index < -0.39 is 28.3 Å². The Labute approximate surface area is 152 Å². The average Bonchev–Trinajstić information content (AvgIpc) is 2.63. The van der Waals surface area contributed by atoms with E-state index in [9.17, 15) is 13.2 Å². The average molecular weight is 386 g/mol. The van der Waals surface area contributed by atoms with Gasteiger partial charge in [0.15, 0.2) is 5.79 Å². The quantitative estimate of drug-likeness (QED) is 0.399. The van der Waals surface area contributed by atoms with Crippen molar-refractivity contribution >= 4 is 15.9 Å². The molecule has 1 aliphatic rings. The van der Waals surface area contributed by atoms with Gasteiger partial charge in [0.05, 0.1) is 38.3 Å². The van der Waals surface area contributed by atoms with Crippen molar-refractivity contribution in [3.63, 3.8) is 0 Å². The van der Waals surface area contributed by atoms with Gasteiger partial charge in [-0.25, -0.2) is 13.9 Å². The summed E-state index contributed by atoms with van der Waals surface area (Å²) >= 11 is 0. The SMILES string of the molecule is C=C1COC(C)(CN(CC(=O)NO)S(=O)(=O)c2ccc(OC)cc2)OC1. The number of hydrogen-bond donors (Lipinski definition) is 2. The van der Waals surface area contributed by atoms with E-state index in [1.54, 1.807) is 6.92 Å². The first-order valence-electron chi connectivity index (χ1n) is 7.72. The number of hydrogen-bond acceptors (Lipinski definition) is 7. The molecular formula is C16H22N2O7S. The summed E-state index contributed by atoms with van der Waals surface area (Å²) in [4.78, 5) is 11.6. The number of rotatable bonds is 7. The number of nitrogens with zero attached hydrogens (tertiary/aromatic N) is 1. The molecule has 0 spiro atoms. The third-order valence-electron chi connectivity index (χ3n) is 3.77. The molecule has 144 valence electrons. The topological polar surface area (TPSA) is 114 Å². The molecule has 2 rings (SSSR count). The highest BCUT2D eigenvalue weighted by Crippen LogP contribution is 2.26. The molecule has 1 aromatic rings. The fourth-order valence-corrected chi connectivity index (χ4v) is 3.79. The minimum atomic E-state index is -4.06. The Kier molecular flexibility index (Phi) is 6.37. The monoisotopic (exact) mass is 386 g/mol. The molecule has 1 heterocycles. The molecule has 1 aromatic carbocycles. The van der Waals surface area contributed by atoms with Crippen LogP contribution in [-0.4, -0.2) is 63.0 Å². The molecule has 0 atom stereocenters. The number of carbonyl (C=O) groups excluding carboxylic acids is 1. The van der Waals surface area contributed by atoms with Gasteiger partial charge in [-0.1, -0.05) is 6.58 Å². The van der Waals surface area contributed by atoms with Crippen LogP contribution in [-0.2, 0) is 24.3 Å². The predicted molar refractivity (Wildman–Crippen MR) is 91.1 cm³/mol. The van der Waals surface area contributed by atoms with Crippen LogP contribution in [0.5, 0.6) is 5.75 Å². The van der Waals surface area contributed by atoms with E-state index in [0.29, 0.717) is 5.75 Å². The molecule has 0 aromatic heterocycles. The zero-order chi connectivity index (χ0) is 19.4. The van der Waals surface area contributed by atoms with Crippen LogP contribution >= 0.6 is 0 Å². The first-order valence-corrected chi connectivity index (χ1v) is 9.16. The third kappa shape index (κ3) is 4.80. The second-order valence-electron chi connectivity index (χ2n) is 5.94. The molecule has 0 aliphatic carbocycles. The standard InChI is InChI=1S/C16H22N2O7S/c1-12-9-24-16(2,25-10-12)11-18(8-15(19)17-20)26(21,22)14-6-4-13(23-3)5-7-14/h4-7,20H,1,8-11H2,2-3H3,(H,17,19). The van der Waals surface area contributed by atoms with Crippen molar-refractivity contribution in [3.05, 3.63) is 36.4 Å². The lowest BCUT2D eigenvalue weighted by Gasteiger charge is -2.37. The van der Waals surface area contributed by atoms with Crippen molar-refractivity contribution in [3.8, 4) is 5.75 Å². The molecular weight excluding hydrogens is 364 g/mol. The maximum absolute atomic E-state index is 13.0. The van der Waals surface area contributed by atoms with Gasteiger partial charge in [0.1, 0.15) is 5.75 Å². The highest BCUT2D eigenvalue weighted by Gasteiger charge is 2.38. The number of benzene rings is 1. The minimum Gasteiger partial charge on any atom is -0.497 e. The number of sulfonamides is 1. The van der Waals surface area contributed by atoms with Crippen molar-refractivity contribution in [2.24, 2.45) is 0 Å². The first-order chi connectivity index (χ1) is 12.2. The Balaban J connectivity index is 2.30. The van der Waals surface area contributed by atoms with E-state index in [4.69, 9.17) is 19.4 Å². The summed E-state index contributed by atoms with van der Waals surface area (Å²) in [6.45, 7) is 4.91. The zero-order valence-electron chi connectivity index (χ0n) is 14.6. The maximum Gasteiger partial charge on any atom is 0.258 e. The van der Waals surface area contributed by atoms with E-state index in [1.165, 1.54) is 36.9 Å². The molecule has 9 nitrogen and oxygen atoms in total. The molecule has 1 aliphatic heterocycles. The van der Waals surface area contributed by atoms with Crippen LogP contribution in [0.3, 0.4) is 0 Å². The molecule has 10 heteroatoms. The number of carbonyl (C=O) groups is 1. The normalized spacial score (nSPS) is 17.2. The lowest BCUT2D eigenvalue weighted by Crippen LogP contribution is -2.52. The zero-order valence-corrected chi connectivity index (χ0v) is 15.4. The second kappa shape index (κ2) is 8.14. The van der Waals surface area contributed by atoms with E-state index in [1.807, 2.05) is 0 Å². The van der Waals surface area contributed by atoms with Gasteiger partial charge in [-0.05, 0) is 36.8 Å². The van der Waals surface area contributed by atoms with Gasteiger partial charge < -0.3 is 14.2 Å². The molecule has 1 saturated heterocycles. The van der Waals surface area contributed by atoms with Gasteiger partial charge in [-0.15, -0.1) is 0 Å². The highest BCUT2D eigenvalue weighted by molar-refractivity contribution is 7.89. The summed E-state index contributed by atoms with van der Waals surface area (Å²) in [6, 6.07) is 5.72. The van der Waals surface area contributed by atoms with Crippen molar-refractivity contribution in [2.45, 2.75) is 17.6 Å². The third-order valence-corrected chi connectivity index (χ3v) is 5.57. The molecule has 2 N–H and O–H groups in total. The number of methoxy groups -OCH3 is 1. The Hall–Kier alpha value is -1.98. The summed E-state index contributed by atoms with van der Waals surface area (Å²) in [5.74, 6) is -1.64. The van der Waals surface area contributed by atoms with Gasteiger partial charge in [-0.2, -0.15) is 4.31 Å². The van der Waals surface area contributed by atoms with Crippen LogP contribution in [0.15, 0.2) is 41.3 Å². The Bertz CT molecular complexity index is 751. The molecule has 0 radical (unpaired) electrons. The number of hydroxylamine groups is 1. The smallest absolute Gasteiger partial charge is 0.258 e.